The Morgan fingerprint density at radius 3 is 2.64 bits per heavy atom. The van der Waals surface area contributed by atoms with Crippen LogP contribution in [0.4, 0.5) is 24.7 Å². The fraction of sp³-hybridized carbons (Fsp3) is 0.167. The second-order valence-electron chi connectivity index (χ2n) is 5.75. The number of halogens is 3. The third kappa shape index (κ3) is 4.65. The highest BCUT2D eigenvalue weighted by atomic mass is 19.4. The predicted molar refractivity (Wildman–Crippen MR) is 90.5 cm³/mol. The van der Waals surface area contributed by atoms with E-state index in [2.05, 4.69) is 15.6 Å². The van der Waals surface area contributed by atoms with Gasteiger partial charge in [0, 0.05) is 11.3 Å². The molecule has 0 radical (unpaired) electrons. The highest BCUT2D eigenvalue weighted by Gasteiger charge is 2.30. The Bertz CT molecular complexity index is 958. The van der Waals surface area contributed by atoms with Crippen LogP contribution >= 0.6 is 0 Å². The average molecular weight is 392 g/mol. The lowest BCUT2D eigenvalue weighted by molar-refractivity contribution is -0.778. The van der Waals surface area contributed by atoms with Gasteiger partial charge in [0.1, 0.15) is 6.61 Å². The zero-order chi connectivity index (χ0) is 20.1. The van der Waals surface area contributed by atoms with Crippen LogP contribution in [-0.2, 0) is 6.18 Å². The zero-order valence-corrected chi connectivity index (χ0v) is 14.3. The minimum Gasteiger partial charge on any atom is -0.846 e. The summed E-state index contributed by atoms with van der Waals surface area (Å²) in [6, 6.07) is 11.7. The van der Waals surface area contributed by atoms with Crippen LogP contribution < -0.4 is 15.1 Å². The van der Waals surface area contributed by atoms with Gasteiger partial charge in [-0.2, -0.15) is 13.2 Å². The summed E-state index contributed by atoms with van der Waals surface area (Å²) < 4.78 is 44.4. The summed E-state index contributed by atoms with van der Waals surface area (Å²) in [6.07, 6.45) is -3.22. The molecule has 2 aromatic carbocycles. The highest BCUT2D eigenvalue weighted by molar-refractivity contribution is 5.87. The van der Waals surface area contributed by atoms with Crippen molar-refractivity contribution in [3.8, 4) is 0 Å². The molecule has 0 saturated heterocycles. The first-order chi connectivity index (χ1) is 13.4. The first-order valence-corrected chi connectivity index (χ1v) is 8.11. The summed E-state index contributed by atoms with van der Waals surface area (Å²) in [5.41, 5.74) is -0.187. The highest BCUT2D eigenvalue weighted by Crippen LogP contribution is 2.30. The van der Waals surface area contributed by atoms with Gasteiger partial charge in [0.2, 0.25) is 11.3 Å². The molecule has 0 amide bonds. The Morgan fingerprint density at radius 1 is 1.21 bits per heavy atom. The van der Waals surface area contributed by atoms with Gasteiger partial charge < -0.3 is 15.5 Å². The fourth-order valence-electron chi connectivity index (χ4n) is 2.49. The number of anilines is 1. The number of nitrogens with one attached hydrogen (secondary N) is 1. The normalized spacial score (nSPS) is 13.4. The van der Waals surface area contributed by atoms with E-state index in [1.807, 2.05) is 6.07 Å². The third-order valence-corrected chi connectivity index (χ3v) is 3.80. The first kappa shape index (κ1) is 19.4. The molecule has 1 aromatic heterocycles. The molecule has 3 aromatic rings. The van der Waals surface area contributed by atoms with Gasteiger partial charge in [-0.25, -0.2) is 4.99 Å². The summed E-state index contributed by atoms with van der Waals surface area (Å²) in [7, 11) is 0. The van der Waals surface area contributed by atoms with Crippen LogP contribution in [0.25, 0.3) is 0 Å². The van der Waals surface area contributed by atoms with Crippen molar-refractivity contribution in [3.63, 3.8) is 0 Å². The summed E-state index contributed by atoms with van der Waals surface area (Å²) in [4.78, 5) is 3.61. The van der Waals surface area contributed by atoms with Crippen molar-refractivity contribution in [2.24, 2.45) is 4.99 Å². The molecule has 0 spiro atoms. The Hall–Kier alpha value is -3.40. The quantitative estimate of drug-likeness (QED) is 0.393. The van der Waals surface area contributed by atoms with E-state index in [4.69, 9.17) is 4.52 Å². The largest absolute Gasteiger partial charge is 0.846 e. The van der Waals surface area contributed by atoms with Crippen molar-refractivity contribution >= 4 is 17.6 Å². The summed E-state index contributed by atoms with van der Waals surface area (Å²) in [5, 5.41) is 27.5. The van der Waals surface area contributed by atoms with Crippen LogP contribution in [0.1, 0.15) is 17.2 Å². The molecule has 146 valence electrons. The summed E-state index contributed by atoms with van der Waals surface area (Å²) >= 11 is 0. The number of rotatable bonds is 5. The third-order valence-electron chi connectivity index (χ3n) is 3.80. The van der Waals surface area contributed by atoms with E-state index in [0.29, 0.717) is 0 Å². The van der Waals surface area contributed by atoms with Crippen LogP contribution in [0.5, 0.6) is 0 Å². The van der Waals surface area contributed by atoms with E-state index in [1.54, 1.807) is 24.3 Å². The molecule has 0 aliphatic carbocycles. The number of aliphatic hydroxyl groups excluding tert-OH is 1. The van der Waals surface area contributed by atoms with E-state index in [9.17, 15) is 23.4 Å². The Labute approximate surface area is 157 Å². The van der Waals surface area contributed by atoms with Gasteiger partial charge in [0.15, 0.2) is 0 Å². The Morgan fingerprint density at radius 2 is 1.96 bits per heavy atom. The number of aliphatic hydroxyl groups is 1. The number of benzene rings is 2. The zero-order valence-electron chi connectivity index (χ0n) is 14.3. The molecular formula is C18H15F3N4O3. The molecule has 0 unspecified atom stereocenters. The van der Waals surface area contributed by atoms with Crippen molar-refractivity contribution in [1.29, 1.82) is 0 Å². The maximum absolute atomic E-state index is 12.7. The second-order valence-corrected chi connectivity index (χ2v) is 5.75. The van der Waals surface area contributed by atoms with Crippen molar-refractivity contribution in [2.45, 2.75) is 12.2 Å². The number of aromatic nitrogens is 2. The lowest BCUT2D eigenvalue weighted by atomic mass is 10.1. The average Bonchev–Trinajstić information content (AvgIpc) is 3.10. The number of alkyl halides is 3. The molecule has 1 atom stereocenters. The van der Waals surface area contributed by atoms with Crippen LogP contribution in [0.15, 0.2) is 70.3 Å². The van der Waals surface area contributed by atoms with Gasteiger partial charge >= 0.3 is 12.1 Å². The lowest BCUT2D eigenvalue weighted by Gasteiger charge is -2.14. The topological polar surface area (TPSA) is 97.6 Å². The molecule has 1 heterocycles. The first-order valence-electron chi connectivity index (χ1n) is 8.11. The van der Waals surface area contributed by atoms with Crippen LogP contribution in [0.2, 0.25) is 0 Å². The van der Waals surface area contributed by atoms with Crippen LogP contribution in [-0.4, -0.2) is 23.0 Å². The molecule has 28 heavy (non-hydrogen) atoms. The van der Waals surface area contributed by atoms with E-state index in [-0.39, 0.29) is 18.2 Å². The molecule has 0 bridgehead atoms. The molecule has 2 N–H and O–H groups in total. The number of aliphatic imine (C=N–C) groups is 1. The fourth-order valence-corrected chi connectivity index (χ4v) is 2.49. The number of nitrogens with zero attached hydrogens (tertiary/aromatic N) is 3. The Balaban J connectivity index is 1.76. The summed E-state index contributed by atoms with van der Waals surface area (Å²) in [6.45, 7) is -0.267. The van der Waals surface area contributed by atoms with Crippen molar-refractivity contribution < 1.29 is 32.6 Å². The summed E-state index contributed by atoms with van der Waals surface area (Å²) in [5.74, 6) is -0.168. The standard InChI is InChI=1S/C18H15F3N4O3/c19-18(20,21)13-7-4-8-14(9-13)22-17(27)23-16-10-25(24-28-16)15(11-26)12-5-2-1-3-6-12/h1-10,15,26H,11H2,(H-,22,23,24,27)/t15-/m0/s1. The molecule has 10 heteroatoms. The van der Waals surface area contributed by atoms with Crippen LogP contribution in [0, 0.1) is 0 Å². The molecule has 3 rings (SSSR count). The molecule has 0 fully saturated rings. The van der Waals surface area contributed by atoms with Gasteiger partial charge in [-0.3, -0.25) is 4.52 Å². The maximum Gasteiger partial charge on any atom is 0.416 e. The minimum absolute atomic E-state index is 0.0616. The SMILES string of the molecule is [O-]C(=Nc1c[n+]([C@@H](CO)c2ccccc2)no1)Nc1cccc(C(F)(F)F)c1. The van der Waals surface area contributed by atoms with Gasteiger partial charge in [0.05, 0.1) is 11.6 Å². The predicted octanol–water partition coefficient (Wildman–Crippen LogP) is 2.02. The molecule has 0 aliphatic rings. The number of amidine groups is 1. The second kappa shape index (κ2) is 8.09. The molecule has 0 aliphatic heterocycles. The van der Waals surface area contributed by atoms with Gasteiger partial charge in [-0.15, -0.1) is 0 Å². The minimum atomic E-state index is -4.52. The monoisotopic (exact) mass is 392 g/mol. The Kier molecular flexibility index (Phi) is 5.59. The number of hydrogen-bond acceptors (Lipinski definition) is 5. The van der Waals surface area contributed by atoms with Crippen LogP contribution in [0.3, 0.4) is 0 Å². The van der Waals surface area contributed by atoms with Crippen molar-refractivity contribution in [1.82, 2.24) is 5.27 Å². The van der Waals surface area contributed by atoms with Gasteiger partial charge in [0.25, 0.3) is 6.20 Å². The molecule has 0 saturated carbocycles. The van der Waals surface area contributed by atoms with E-state index in [0.717, 1.165) is 17.7 Å². The van der Waals surface area contributed by atoms with E-state index < -0.39 is 23.8 Å². The van der Waals surface area contributed by atoms with Gasteiger partial charge in [-0.05, 0) is 22.9 Å². The van der Waals surface area contributed by atoms with Crippen molar-refractivity contribution in [3.05, 3.63) is 71.9 Å². The lowest BCUT2D eigenvalue weighted by Crippen LogP contribution is -2.43. The maximum atomic E-state index is 12.7. The van der Waals surface area contributed by atoms with E-state index in [1.165, 1.54) is 23.0 Å². The van der Waals surface area contributed by atoms with Gasteiger partial charge in [-0.1, -0.05) is 36.4 Å². The van der Waals surface area contributed by atoms with Crippen molar-refractivity contribution in [2.75, 3.05) is 11.9 Å². The molecule has 7 nitrogen and oxygen atoms in total. The number of hydrogen-bond donors (Lipinski definition) is 2. The van der Waals surface area contributed by atoms with E-state index >= 15 is 0 Å². The molecular weight excluding hydrogens is 377 g/mol. The smallest absolute Gasteiger partial charge is 0.416 e.